The predicted octanol–water partition coefficient (Wildman–Crippen LogP) is 3.28. The first kappa shape index (κ1) is 13.6. The minimum Gasteiger partial charge on any atom is -0.262 e. The minimum absolute atomic E-state index is 0.316. The van der Waals surface area contributed by atoms with E-state index in [0.717, 1.165) is 24.7 Å². The first-order valence-electron chi connectivity index (χ1n) is 6.49. The third-order valence-electron chi connectivity index (χ3n) is 3.48. The van der Waals surface area contributed by atoms with Gasteiger partial charge in [0.15, 0.2) is 0 Å². The Kier molecular flexibility index (Phi) is 4.40. The Morgan fingerprint density at radius 1 is 1.11 bits per heavy atom. The molecule has 0 heterocycles. The lowest BCUT2D eigenvalue weighted by atomic mass is 9.83. The molecule has 18 heavy (non-hydrogen) atoms. The van der Waals surface area contributed by atoms with Crippen LogP contribution in [0, 0.1) is 5.92 Å². The second-order valence-corrected chi connectivity index (χ2v) is 6.63. The Labute approximate surface area is 109 Å². The fourth-order valence-electron chi connectivity index (χ4n) is 2.67. The summed E-state index contributed by atoms with van der Waals surface area (Å²) in [6.07, 6.45) is 6.50. The molecular formula is C14H20O3S. The topological polar surface area (TPSA) is 43.4 Å². The molecule has 2 rings (SSSR count). The zero-order valence-electron chi connectivity index (χ0n) is 10.7. The molecule has 3 nitrogen and oxygen atoms in total. The summed E-state index contributed by atoms with van der Waals surface area (Å²) in [6, 6.07) is 9.68. The Morgan fingerprint density at radius 2 is 1.72 bits per heavy atom. The maximum atomic E-state index is 11.4. The molecule has 0 saturated heterocycles. The highest BCUT2D eigenvalue weighted by Gasteiger charge is 2.28. The third kappa shape index (κ3) is 3.82. The number of hydrogen-bond donors (Lipinski definition) is 0. The second kappa shape index (κ2) is 5.85. The maximum Gasteiger partial charge on any atom is 0.264 e. The highest BCUT2D eigenvalue weighted by atomic mass is 32.2. The third-order valence-corrected chi connectivity index (χ3v) is 4.04. The van der Waals surface area contributed by atoms with Crippen molar-refractivity contribution in [2.24, 2.45) is 5.92 Å². The highest BCUT2D eigenvalue weighted by Crippen LogP contribution is 2.37. The summed E-state index contributed by atoms with van der Waals surface area (Å²) >= 11 is 0. The molecule has 1 atom stereocenters. The Balaban J connectivity index is 2.22. The molecule has 1 aromatic rings. The van der Waals surface area contributed by atoms with Crippen molar-refractivity contribution in [1.82, 2.24) is 0 Å². The molecule has 1 aliphatic carbocycles. The van der Waals surface area contributed by atoms with Crippen molar-refractivity contribution < 1.29 is 12.6 Å². The van der Waals surface area contributed by atoms with Crippen molar-refractivity contribution in [2.45, 2.75) is 38.2 Å². The van der Waals surface area contributed by atoms with E-state index in [0.29, 0.717) is 5.92 Å². The smallest absolute Gasteiger partial charge is 0.262 e. The first-order chi connectivity index (χ1) is 8.56. The van der Waals surface area contributed by atoms with Crippen molar-refractivity contribution in [1.29, 1.82) is 0 Å². The largest absolute Gasteiger partial charge is 0.264 e. The summed E-state index contributed by atoms with van der Waals surface area (Å²) in [4.78, 5) is 0. The predicted molar refractivity (Wildman–Crippen MR) is 71.7 cm³/mol. The van der Waals surface area contributed by atoms with E-state index in [4.69, 9.17) is 4.18 Å². The summed E-state index contributed by atoms with van der Waals surface area (Å²) in [7, 11) is -3.42. The first-order valence-corrected chi connectivity index (χ1v) is 8.31. The molecule has 0 bridgehead atoms. The molecule has 1 aliphatic rings. The number of rotatable bonds is 4. The van der Waals surface area contributed by atoms with Crippen LogP contribution in [0.3, 0.4) is 0 Å². The van der Waals surface area contributed by atoms with Gasteiger partial charge in [-0.2, -0.15) is 8.42 Å². The van der Waals surface area contributed by atoms with Gasteiger partial charge >= 0.3 is 0 Å². The monoisotopic (exact) mass is 268 g/mol. The molecule has 0 N–H and O–H groups in total. The van der Waals surface area contributed by atoms with Crippen LogP contribution in [0.1, 0.15) is 43.8 Å². The van der Waals surface area contributed by atoms with Gasteiger partial charge in [0.05, 0.1) is 6.26 Å². The molecule has 0 radical (unpaired) electrons. The van der Waals surface area contributed by atoms with E-state index < -0.39 is 10.1 Å². The molecule has 0 aromatic heterocycles. The van der Waals surface area contributed by atoms with Gasteiger partial charge in [-0.05, 0) is 24.3 Å². The van der Waals surface area contributed by atoms with Crippen molar-refractivity contribution in [3.63, 3.8) is 0 Å². The maximum absolute atomic E-state index is 11.4. The van der Waals surface area contributed by atoms with Crippen LogP contribution >= 0.6 is 0 Å². The molecule has 100 valence electrons. The normalized spacial score (nSPS) is 19.6. The Morgan fingerprint density at radius 3 is 2.28 bits per heavy atom. The van der Waals surface area contributed by atoms with Crippen molar-refractivity contribution >= 4 is 10.1 Å². The van der Waals surface area contributed by atoms with Crippen LogP contribution in [-0.2, 0) is 14.3 Å². The second-order valence-electron chi connectivity index (χ2n) is 5.03. The van der Waals surface area contributed by atoms with E-state index in [9.17, 15) is 8.42 Å². The zero-order chi connectivity index (χ0) is 13.0. The molecule has 1 fully saturated rings. The summed E-state index contributed by atoms with van der Waals surface area (Å²) < 4.78 is 28.2. The Bertz CT molecular complexity index is 461. The Hall–Kier alpha value is -0.870. The van der Waals surface area contributed by atoms with Crippen LogP contribution in [0.5, 0.6) is 0 Å². The molecule has 4 heteroatoms. The van der Waals surface area contributed by atoms with Crippen LogP contribution in [0.2, 0.25) is 0 Å². The summed E-state index contributed by atoms with van der Waals surface area (Å²) in [6.45, 7) is 0. The van der Waals surface area contributed by atoms with Crippen molar-refractivity contribution in [2.75, 3.05) is 6.26 Å². The van der Waals surface area contributed by atoms with Gasteiger partial charge in [-0.15, -0.1) is 0 Å². The molecular weight excluding hydrogens is 248 g/mol. The van der Waals surface area contributed by atoms with E-state index in [1.807, 2.05) is 30.3 Å². The summed E-state index contributed by atoms with van der Waals surface area (Å²) in [5.41, 5.74) is 0.967. The standard InChI is InChI=1S/C14H20O3S/c1-18(15,16)17-14(12-8-4-2-5-9-12)13-10-6-3-7-11-13/h2,4-5,8-9,13-14H,3,6-7,10-11H2,1H3/t14-/m0/s1. The average Bonchev–Trinajstić information content (AvgIpc) is 2.37. The molecule has 0 amide bonds. The molecule has 1 saturated carbocycles. The molecule has 0 spiro atoms. The van der Waals surface area contributed by atoms with Gasteiger partial charge in [0.25, 0.3) is 10.1 Å². The van der Waals surface area contributed by atoms with Crippen LogP contribution < -0.4 is 0 Å². The fourth-order valence-corrected chi connectivity index (χ4v) is 3.32. The number of benzene rings is 1. The lowest BCUT2D eigenvalue weighted by Gasteiger charge is -2.29. The van der Waals surface area contributed by atoms with Gasteiger partial charge in [-0.25, -0.2) is 0 Å². The molecule has 1 aromatic carbocycles. The fraction of sp³-hybridized carbons (Fsp3) is 0.571. The van der Waals surface area contributed by atoms with E-state index >= 15 is 0 Å². The van der Waals surface area contributed by atoms with Crippen LogP contribution in [0.4, 0.5) is 0 Å². The van der Waals surface area contributed by atoms with Crippen LogP contribution in [0.15, 0.2) is 30.3 Å². The van der Waals surface area contributed by atoms with E-state index in [-0.39, 0.29) is 6.10 Å². The van der Waals surface area contributed by atoms with Crippen molar-refractivity contribution in [3.05, 3.63) is 35.9 Å². The highest BCUT2D eigenvalue weighted by molar-refractivity contribution is 7.86. The van der Waals surface area contributed by atoms with Gasteiger partial charge in [-0.3, -0.25) is 4.18 Å². The minimum atomic E-state index is -3.42. The van der Waals surface area contributed by atoms with Crippen LogP contribution in [-0.4, -0.2) is 14.7 Å². The van der Waals surface area contributed by atoms with Crippen molar-refractivity contribution in [3.8, 4) is 0 Å². The van der Waals surface area contributed by atoms with Crippen LogP contribution in [0.25, 0.3) is 0 Å². The van der Waals surface area contributed by atoms with Gasteiger partial charge in [0.2, 0.25) is 0 Å². The van der Waals surface area contributed by atoms with Gasteiger partial charge in [0, 0.05) is 0 Å². The zero-order valence-corrected chi connectivity index (χ0v) is 11.5. The lowest BCUT2D eigenvalue weighted by molar-refractivity contribution is 0.116. The summed E-state index contributed by atoms with van der Waals surface area (Å²) in [5.74, 6) is 0.316. The van der Waals surface area contributed by atoms with E-state index in [1.165, 1.54) is 19.3 Å². The lowest BCUT2D eigenvalue weighted by Crippen LogP contribution is -2.21. The van der Waals surface area contributed by atoms with Gasteiger partial charge in [-0.1, -0.05) is 49.6 Å². The van der Waals surface area contributed by atoms with Gasteiger partial charge in [0.1, 0.15) is 6.10 Å². The SMILES string of the molecule is CS(=O)(=O)O[C@@H](c1ccccc1)C1CCCCC1. The number of hydrogen-bond acceptors (Lipinski definition) is 3. The van der Waals surface area contributed by atoms with E-state index in [1.54, 1.807) is 0 Å². The average molecular weight is 268 g/mol. The van der Waals surface area contributed by atoms with Gasteiger partial charge < -0.3 is 0 Å². The van der Waals surface area contributed by atoms with E-state index in [2.05, 4.69) is 0 Å². The molecule has 0 unspecified atom stereocenters. The summed E-state index contributed by atoms with van der Waals surface area (Å²) in [5, 5.41) is 0. The molecule has 0 aliphatic heterocycles. The quantitative estimate of drug-likeness (QED) is 0.787.